The highest BCUT2D eigenvalue weighted by molar-refractivity contribution is 9.09. The number of hydrogen-bond acceptors (Lipinski definition) is 4. The lowest BCUT2D eigenvalue weighted by Gasteiger charge is -2.27. The molecule has 0 radical (unpaired) electrons. The minimum atomic E-state index is -0.441. The van der Waals surface area contributed by atoms with E-state index in [0.29, 0.717) is 27.0 Å². The third kappa shape index (κ3) is 3.52. The summed E-state index contributed by atoms with van der Waals surface area (Å²) in [6.07, 6.45) is 0.676. The van der Waals surface area contributed by atoms with Crippen molar-refractivity contribution in [3.63, 3.8) is 0 Å². The quantitative estimate of drug-likeness (QED) is 0.447. The number of alkyl halides is 1. The zero-order valence-electron chi connectivity index (χ0n) is 16.0. The molecule has 1 heterocycles. The van der Waals surface area contributed by atoms with Gasteiger partial charge in [0.15, 0.2) is 0 Å². The Morgan fingerprint density at radius 2 is 1.87 bits per heavy atom. The summed E-state index contributed by atoms with van der Waals surface area (Å²) >= 11 is 15.7. The van der Waals surface area contributed by atoms with E-state index in [4.69, 9.17) is 27.9 Å². The van der Waals surface area contributed by atoms with Crippen LogP contribution < -0.4 is 10.6 Å². The second kappa shape index (κ2) is 7.80. The van der Waals surface area contributed by atoms with Crippen LogP contribution in [0.3, 0.4) is 0 Å². The first-order valence-electron chi connectivity index (χ1n) is 9.85. The van der Waals surface area contributed by atoms with Crippen LogP contribution in [0.25, 0.3) is 0 Å². The second-order valence-electron chi connectivity index (χ2n) is 8.11. The molecule has 0 unspecified atom stereocenters. The highest BCUT2D eigenvalue weighted by Crippen LogP contribution is 2.60. The summed E-state index contributed by atoms with van der Waals surface area (Å²) in [6.45, 7) is 0. The van der Waals surface area contributed by atoms with Crippen molar-refractivity contribution in [2.75, 3.05) is 10.6 Å². The lowest BCUT2D eigenvalue weighted by Crippen LogP contribution is -2.40. The molecule has 6 atom stereocenters. The molecule has 2 aromatic rings. The Morgan fingerprint density at radius 1 is 1.06 bits per heavy atom. The average molecular weight is 524 g/mol. The van der Waals surface area contributed by atoms with E-state index in [9.17, 15) is 14.4 Å². The molecule has 1 saturated heterocycles. The van der Waals surface area contributed by atoms with Crippen molar-refractivity contribution in [1.29, 1.82) is 0 Å². The first-order valence-corrected chi connectivity index (χ1v) is 11.5. The zero-order chi connectivity index (χ0) is 21.9. The predicted octanol–water partition coefficient (Wildman–Crippen LogP) is 4.76. The normalized spacial score (nSPS) is 30.2. The van der Waals surface area contributed by atoms with Crippen LogP contribution in [0.2, 0.25) is 10.0 Å². The molecule has 2 saturated carbocycles. The summed E-state index contributed by atoms with van der Waals surface area (Å²) in [7, 11) is 0. The molecular weight excluding hydrogens is 507 g/mol. The van der Waals surface area contributed by atoms with Gasteiger partial charge in [0.05, 0.1) is 27.4 Å². The summed E-state index contributed by atoms with van der Waals surface area (Å²) in [5.74, 6) is -1.58. The SMILES string of the molecule is O=C(Nc1cc(Cl)ccc1Cl)c1cccc(NC(=O)[C@@H]2[C@H]3C[C@H]4[C@H](OC(=O)[C@@H]42)[C@@H]3Br)c1. The lowest BCUT2D eigenvalue weighted by molar-refractivity contribution is -0.145. The van der Waals surface area contributed by atoms with E-state index in [-0.39, 0.29) is 46.5 Å². The van der Waals surface area contributed by atoms with Gasteiger partial charge in [0.2, 0.25) is 5.91 Å². The van der Waals surface area contributed by atoms with Gasteiger partial charge in [-0.15, -0.1) is 0 Å². The van der Waals surface area contributed by atoms with Gasteiger partial charge in [-0.05, 0) is 48.7 Å². The van der Waals surface area contributed by atoms with E-state index in [1.54, 1.807) is 42.5 Å². The molecule has 3 aliphatic rings. The number of hydrogen-bond donors (Lipinski definition) is 2. The minimum absolute atomic E-state index is 0.00416. The van der Waals surface area contributed by atoms with Crippen molar-refractivity contribution < 1.29 is 19.1 Å². The van der Waals surface area contributed by atoms with Gasteiger partial charge in [-0.1, -0.05) is 45.2 Å². The first-order chi connectivity index (χ1) is 14.8. The van der Waals surface area contributed by atoms with Crippen LogP contribution >= 0.6 is 39.1 Å². The van der Waals surface area contributed by atoms with Crippen LogP contribution in [0, 0.1) is 23.7 Å². The van der Waals surface area contributed by atoms with Crippen molar-refractivity contribution in [1.82, 2.24) is 0 Å². The third-order valence-electron chi connectivity index (χ3n) is 6.39. The van der Waals surface area contributed by atoms with Crippen molar-refractivity contribution in [3.05, 3.63) is 58.1 Å². The van der Waals surface area contributed by atoms with Crippen LogP contribution in [0.5, 0.6) is 0 Å². The smallest absolute Gasteiger partial charge is 0.310 e. The summed E-state index contributed by atoms with van der Waals surface area (Å²) in [5.41, 5.74) is 1.22. The number of amides is 2. The number of halogens is 3. The molecular formula is C22H17BrCl2N2O4. The van der Waals surface area contributed by atoms with E-state index in [0.717, 1.165) is 6.42 Å². The second-order valence-corrected chi connectivity index (χ2v) is 10.0. The Hall–Kier alpha value is -2.09. The monoisotopic (exact) mass is 522 g/mol. The largest absolute Gasteiger partial charge is 0.461 e. The lowest BCUT2D eigenvalue weighted by atomic mass is 9.79. The van der Waals surface area contributed by atoms with Gasteiger partial charge in [0, 0.05) is 22.2 Å². The fourth-order valence-electron chi connectivity index (χ4n) is 5.08. The van der Waals surface area contributed by atoms with Crippen molar-refractivity contribution in [2.24, 2.45) is 23.7 Å². The maximum absolute atomic E-state index is 13.1. The molecule has 2 N–H and O–H groups in total. The Balaban J connectivity index is 1.32. The van der Waals surface area contributed by atoms with Gasteiger partial charge in [-0.25, -0.2) is 0 Å². The minimum Gasteiger partial charge on any atom is -0.461 e. The highest BCUT2D eigenvalue weighted by atomic mass is 79.9. The molecule has 6 nitrogen and oxygen atoms in total. The Morgan fingerprint density at radius 3 is 2.68 bits per heavy atom. The van der Waals surface area contributed by atoms with Gasteiger partial charge in [0.25, 0.3) is 5.91 Å². The Labute approximate surface area is 196 Å². The number of esters is 1. The maximum Gasteiger partial charge on any atom is 0.310 e. The summed E-state index contributed by atoms with van der Waals surface area (Å²) in [6, 6.07) is 11.4. The van der Waals surface area contributed by atoms with Gasteiger partial charge in [-0.2, -0.15) is 0 Å². The molecule has 2 aromatic carbocycles. The Bertz CT molecular complexity index is 1110. The molecule has 5 rings (SSSR count). The van der Waals surface area contributed by atoms with Crippen LogP contribution in [0.1, 0.15) is 16.8 Å². The summed E-state index contributed by atoms with van der Waals surface area (Å²) < 4.78 is 5.47. The predicted molar refractivity (Wildman–Crippen MR) is 121 cm³/mol. The molecule has 2 amide bonds. The number of carbonyl (C=O) groups excluding carboxylic acids is 3. The van der Waals surface area contributed by atoms with Gasteiger partial charge in [0.1, 0.15) is 6.10 Å². The van der Waals surface area contributed by atoms with Gasteiger partial charge < -0.3 is 15.4 Å². The van der Waals surface area contributed by atoms with E-state index >= 15 is 0 Å². The molecule has 31 heavy (non-hydrogen) atoms. The van der Waals surface area contributed by atoms with E-state index in [1.807, 2.05) is 0 Å². The fourth-order valence-corrected chi connectivity index (χ4v) is 6.46. The third-order valence-corrected chi connectivity index (χ3v) is 8.16. The van der Waals surface area contributed by atoms with Gasteiger partial charge in [-0.3, -0.25) is 14.4 Å². The van der Waals surface area contributed by atoms with Crippen molar-refractivity contribution >= 4 is 68.3 Å². The number of rotatable bonds is 4. The maximum atomic E-state index is 13.1. The van der Waals surface area contributed by atoms with Crippen LogP contribution in [-0.2, 0) is 14.3 Å². The first kappa shape index (κ1) is 20.8. The number of nitrogens with one attached hydrogen (secondary N) is 2. The number of ether oxygens (including phenoxy) is 1. The zero-order valence-corrected chi connectivity index (χ0v) is 19.1. The van der Waals surface area contributed by atoms with Crippen molar-refractivity contribution in [2.45, 2.75) is 17.4 Å². The van der Waals surface area contributed by atoms with E-state index in [1.165, 1.54) is 0 Å². The van der Waals surface area contributed by atoms with E-state index in [2.05, 4.69) is 26.6 Å². The molecule has 0 aromatic heterocycles. The van der Waals surface area contributed by atoms with Crippen molar-refractivity contribution in [3.8, 4) is 0 Å². The molecule has 2 aliphatic carbocycles. The Kier molecular flexibility index (Phi) is 5.23. The van der Waals surface area contributed by atoms with Gasteiger partial charge >= 0.3 is 5.97 Å². The standard InChI is InChI=1S/C22H17BrCl2N2O4/c23-18-12-8-13-17(22(30)31-19(13)18)16(12)21(29)26-11-3-1-2-9(6-11)20(28)27-15-7-10(24)4-5-14(15)25/h1-7,12-13,16-19H,8H2,(H,26,29)(H,27,28)/t12-,13-,16-,17+,18-,19+/m1/s1. The molecule has 3 fully saturated rings. The number of fused-ring (bicyclic) bond motifs is 1. The highest BCUT2D eigenvalue weighted by Gasteiger charge is 2.67. The number of benzene rings is 2. The fraction of sp³-hybridized carbons (Fsp3) is 0.318. The molecule has 0 spiro atoms. The topological polar surface area (TPSA) is 84.5 Å². The molecule has 160 valence electrons. The summed E-state index contributed by atoms with van der Waals surface area (Å²) in [4.78, 5) is 38.0. The van der Waals surface area contributed by atoms with Crippen LogP contribution in [-0.4, -0.2) is 28.7 Å². The van der Waals surface area contributed by atoms with Crippen LogP contribution in [0.15, 0.2) is 42.5 Å². The van der Waals surface area contributed by atoms with E-state index < -0.39 is 5.92 Å². The average Bonchev–Trinajstić information content (AvgIpc) is 3.35. The number of anilines is 2. The molecule has 9 heteroatoms. The molecule has 2 bridgehead atoms. The summed E-state index contributed by atoms with van der Waals surface area (Å²) in [5, 5.41) is 6.41. The molecule has 1 aliphatic heterocycles. The number of carbonyl (C=O) groups is 3. The van der Waals surface area contributed by atoms with Crippen LogP contribution in [0.4, 0.5) is 11.4 Å².